The number of benzene rings is 2. The topological polar surface area (TPSA) is 46.5 Å². The SMILES string of the molecule is COc1ccccc1[C@H]1c2cccn2CCN1C(=O)Nc1cccc(C)c1C. The van der Waals surface area contributed by atoms with Crippen LogP contribution in [0, 0.1) is 13.8 Å². The number of aromatic nitrogens is 1. The van der Waals surface area contributed by atoms with Crippen LogP contribution in [-0.2, 0) is 6.54 Å². The second-order valence-corrected chi connectivity index (χ2v) is 7.14. The van der Waals surface area contributed by atoms with E-state index in [0.29, 0.717) is 6.54 Å². The molecule has 28 heavy (non-hydrogen) atoms. The summed E-state index contributed by atoms with van der Waals surface area (Å²) >= 11 is 0. The van der Waals surface area contributed by atoms with E-state index >= 15 is 0 Å². The predicted octanol–water partition coefficient (Wildman–Crippen LogP) is 4.75. The summed E-state index contributed by atoms with van der Waals surface area (Å²) < 4.78 is 7.81. The number of urea groups is 1. The summed E-state index contributed by atoms with van der Waals surface area (Å²) in [6.45, 7) is 5.48. The molecule has 1 N–H and O–H groups in total. The van der Waals surface area contributed by atoms with E-state index in [1.807, 2.05) is 54.3 Å². The largest absolute Gasteiger partial charge is 0.496 e. The highest BCUT2D eigenvalue weighted by Gasteiger charge is 2.34. The average molecular weight is 375 g/mol. The summed E-state index contributed by atoms with van der Waals surface area (Å²) in [6, 6.07) is 17.7. The Bertz CT molecular complexity index is 1010. The molecular weight excluding hydrogens is 350 g/mol. The van der Waals surface area contributed by atoms with Crippen molar-refractivity contribution in [1.82, 2.24) is 9.47 Å². The molecule has 0 saturated carbocycles. The number of methoxy groups -OCH3 is 1. The molecule has 2 amide bonds. The zero-order chi connectivity index (χ0) is 19.7. The smallest absolute Gasteiger partial charge is 0.322 e. The third kappa shape index (κ3) is 3.13. The van der Waals surface area contributed by atoms with Crippen molar-refractivity contribution < 1.29 is 9.53 Å². The molecule has 5 heteroatoms. The van der Waals surface area contributed by atoms with Crippen LogP contribution in [-0.4, -0.2) is 29.2 Å². The van der Waals surface area contributed by atoms with Crippen molar-refractivity contribution in [3.05, 3.63) is 83.2 Å². The van der Waals surface area contributed by atoms with E-state index in [1.165, 1.54) is 0 Å². The number of hydrogen-bond donors (Lipinski definition) is 1. The van der Waals surface area contributed by atoms with Crippen molar-refractivity contribution in [2.75, 3.05) is 19.0 Å². The van der Waals surface area contributed by atoms with Gasteiger partial charge >= 0.3 is 6.03 Å². The summed E-state index contributed by atoms with van der Waals surface area (Å²) in [5, 5.41) is 3.12. The zero-order valence-corrected chi connectivity index (χ0v) is 16.5. The number of nitrogens with one attached hydrogen (secondary N) is 1. The highest BCUT2D eigenvalue weighted by molar-refractivity contribution is 5.91. The predicted molar refractivity (Wildman–Crippen MR) is 111 cm³/mol. The second kappa shape index (κ2) is 7.43. The first-order valence-electron chi connectivity index (χ1n) is 9.52. The number of carbonyl (C=O) groups is 1. The molecule has 1 aromatic heterocycles. The number of rotatable bonds is 3. The summed E-state index contributed by atoms with van der Waals surface area (Å²) in [5.74, 6) is 0.784. The number of aryl methyl sites for hydroxylation is 1. The van der Waals surface area contributed by atoms with Gasteiger partial charge in [-0.1, -0.05) is 30.3 Å². The molecule has 5 nitrogen and oxygen atoms in total. The second-order valence-electron chi connectivity index (χ2n) is 7.14. The van der Waals surface area contributed by atoms with Crippen molar-refractivity contribution in [3.63, 3.8) is 0 Å². The zero-order valence-electron chi connectivity index (χ0n) is 16.5. The van der Waals surface area contributed by atoms with E-state index in [-0.39, 0.29) is 12.1 Å². The van der Waals surface area contributed by atoms with E-state index in [0.717, 1.165) is 40.4 Å². The van der Waals surface area contributed by atoms with Gasteiger partial charge in [-0.2, -0.15) is 0 Å². The fourth-order valence-electron chi connectivity index (χ4n) is 3.90. The molecule has 1 aliphatic rings. The molecule has 1 aliphatic heterocycles. The normalized spacial score (nSPS) is 15.8. The molecule has 0 saturated heterocycles. The number of carbonyl (C=O) groups excluding carboxylic acids is 1. The van der Waals surface area contributed by atoms with Crippen LogP contribution in [0.1, 0.15) is 28.4 Å². The lowest BCUT2D eigenvalue weighted by Crippen LogP contribution is -2.44. The van der Waals surface area contributed by atoms with E-state index in [2.05, 4.69) is 35.1 Å². The molecule has 2 heterocycles. The fourth-order valence-corrected chi connectivity index (χ4v) is 3.90. The number of anilines is 1. The standard InChI is InChI=1S/C23H25N3O2/c1-16-8-6-10-19(17(16)2)24-23(27)26-15-14-25-13-7-11-20(25)22(26)18-9-4-5-12-21(18)28-3/h4-13,22H,14-15H2,1-3H3,(H,24,27)/t22-/m0/s1. The number of hydrogen-bond acceptors (Lipinski definition) is 2. The molecular formula is C23H25N3O2. The van der Waals surface area contributed by atoms with E-state index in [4.69, 9.17) is 4.74 Å². The lowest BCUT2D eigenvalue weighted by Gasteiger charge is -2.37. The van der Waals surface area contributed by atoms with Gasteiger partial charge in [0, 0.05) is 36.2 Å². The van der Waals surface area contributed by atoms with E-state index in [9.17, 15) is 4.79 Å². The van der Waals surface area contributed by atoms with E-state index in [1.54, 1.807) is 7.11 Å². The third-order valence-electron chi connectivity index (χ3n) is 5.58. The molecule has 2 aromatic carbocycles. The van der Waals surface area contributed by atoms with Gasteiger partial charge in [-0.05, 0) is 49.2 Å². The van der Waals surface area contributed by atoms with E-state index < -0.39 is 0 Å². The summed E-state index contributed by atoms with van der Waals surface area (Å²) in [6.07, 6.45) is 2.07. The summed E-state index contributed by atoms with van der Waals surface area (Å²) in [7, 11) is 1.67. The monoisotopic (exact) mass is 375 g/mol. The highest BCUT2D eigenvalue weighted by Crippen LogP contribution is 2.37. The minimum Gasteiger partial charge on any atom is -0.496 e. The maximum Gasteiger partial charge on any atom is 0.322 e. The third-order valence-corrected chi connectivity index (χ3v) is 5.58. The summed E-state index contributed by atoms with van der Waals surface area (Å²) in [5.41, 5.74) is 5.18. The van der Waals surface area contributed by atoms with Crippen molar-refractivity contribution in [2.45, 2.75) is 26.4 Å². The van der Waals surface area contributed by atoms with Gasteiger partial charge in [0.25, 0.3) is 0 Å². The molecule has 0 unspecified atom stereocenters. The first-order valence-corrected chi connectivity index (χ1v) is 9.52. The number of nitrogens with zero attached hydrogens (tertiary/aromatic N) is 2. The molecule has 144 valence electrons. The maximum atomic E-state index is 13.3. The number of fused-ring (bicyclic) bond motifs is 1. The molecule has 1 atom stereocenters. The minimum atomic E-state index is -0.204. The molecule has 3 aromatic rings. The number of ether oxygens (including phenoxy) is 1. The van der Waals surface area contributed by atoms with Gasteiger partial charge in [0.05, 0.1) is 7.11 Å². The Morgan fingerprint density at radius 2 is 1.86 bits per heavy atom. The van der Waals surface area contributed by atoms with Crippen molar-refractivity contribution in [3.8, 4) is 5.75 Å². The van der Waals surface area contributed by atoms with Crippen LogP contribution in [0.5, 0.6) is 5.75 Å². The Balaban J connectivity index is 1.72. The van der Waals surface area contributed by atoms with Crippen LogP contribution in [0.25, 0.3) is 0 Å². The average Bonchev–Trinajstić information content (AvgIpc) is 3.19. The molecule has 0 bridgehead atoms. The Kier molecular flexibility index (Phi) is 4.82. The minimum absolute atomic E-state index is 0.0999. The van der Waals surface area contributed by atoms with Crippen LogP contribution in [0.3, 0.4) is 0 Å². The number of para-hydroxylation sites is 1. The van der Waals surface area contributed by atoms with Crippen LogP contribution < -0.4 is 10.1 Å². The Hall–Kier alpha value is -3.21. The maximum absolute atomic E-state index is 13.3. The Morgan fingerprint density at radius 1 is 1.04 bits per heavy atom. The summed E-state index contributed by atoms with van der Waals surface area (Å²) in [4.78, 5) is 15.2. The fraction of sp³-hybridized carbons (Fsp3) is 0.261. The molecule has 0 fully saturated rings. The van der Waals surface area contributed by atoms with Gasteiger partial charge in [0.2, 0.25) is 0 Å². The lowest BCUT2D eigenvalue weighted by atomic mass is 9.99. The Labute approximate surface area is 165 Å². The molecule has 0 radical (unpaired) electrons. The molecule has 0 aliphatic carbocycles. The van der Waals surface area contributed by atoms with Crippen LogP contribution in [0.2, 0.25) is 0 Å². The van der Waals surface area contributed by atoms with Gasteiger partial charge in [-0.3, -0.25) is 0 Å². The van der Waals surface area contributed by atoms with Gasteiger partial charge < -0.3 is 19.5 Å². The molecule has 0 spiro atoms. The van der Waals surface area contributed by atoms with Crippen molar-refractivity contribution in [2.24, 2.45) is 0 Å². The lowest BCUT2D eigenvalue weighted by molar-refractivity contribution is 0.180. The van der Waals surface area contributed by atoms with Gasteiger partial charge in [0.15, 0.2) is 0 Å². The molecule has 4 rings (SSSR count). The van der Waals surface area contributed by atoms with Gasteiger partial charge in [0.1, 0.15) is 11.8 Å². The highest BCUT2D eigenvalue weighted by atomic mass is 16.5. The number of amides is 2. The van der Waals surface area contributed by atoms with Gasteiger partial charge in [-0.15, -0.1) is 0 Å². The van der Waals surface area contributed by atoms with Crippen molar-refractivity contribution in [1.29, 1.82) is 0 Å². The quantitative estimate of drug-likeness (QED) is 0.718. The van der Waals surface area contributed by atoms with Crippen molar-refractivity contribution >= 4 is 11.7 Å². The van der Waals surface area contributed by atoms with Gasteiger partial charge in [-0.25, -0.2) is 4.79 Å². The first-order chi connectivity index (χ1) is 13.6. The van der Waals surface area contributed by atoms with Crippen LogP contribution in [0.4, 0.5) is 10.5 Å². The first kappa shape index (κ1) is 18.2. The van der Waals surface area contributed by atoms with Crippen LogP contribution >= 0.6 is 0 Å². The van der Waals surface area contributed by atoms with Crippen LogP contribution in [0.15, 0.2) is 60.8 Å². The Morgan fingerprint density at radius 3 is 2.68 bits per heavy atom.